The van der Waals surface area contributed by atoms with Crippen LogP contribution in [0.15, 0.2) is 36.4 Å². The molecule has 3 aromatic heterocycles. The predicted molar refractivity (Wildman–Crippen MR) is 119 cm³/mol. The number of nitrogens with zero attached hydrogens (tertiary/aromatic N) is 4. The van der Waals surface area contributed by atoms with E-state index in [1.165, 1.54) is 16.2 Å². The molecule has 0 saturated heterocycles. The minimum atomic E-state index is -0.441. The summed E-state index contributed by atoms with van der Waals surface area (Å²) in [5, 5.41) is 7.81. The van der Waals surface area contributed by atoms with Crippen molar-refractivity contribution in [2.75, 3.05) is 5.32 Å². The van der Waals surface area contributed by atoms with E-state index in [-0.39, 0.29) is 11.6 Å². The van der Waals surface area contributed by atoms with Crippen LogP contribution >= 0.6 is 11.3 Å². The molecule has 0 atom stereocenters. The van der Waals surface area contributed by atoms with Crippen LogP contribution in [0.4, 0.5) is 5.00 Å². The second kappa shape index (κ2) is 7.70. The van der Waals surface area contributed by atoms with Gasteiger partial charge in [-0.15, -0.1) is 16.4 Å². The van der Waals surface area contributed by atoms with Gasteiger partial charge in [-0.2, -0.15) is 4.98 Å². The number of aromatic nitrogens is 4. The Bertz CT molecular complexity index is 1320. The Morgan fingerprint density at radius 3 is 2.65 bits per heavy atom. The fourth-order valence-electron chi connectivity index (χ4n) is 4.05. The lowest BCUT2D eigenvalue weighted by molar-refractivity contribution is 0.101. The molecule has 0 spiro atoms. The van der Waals surface area contributed by atoms with Crippen molar-refractivity contribution < 1.29 is 9.59 Å². The highest BCUT2D eigenvalue weighted by Gasteiger charge is 2.28. The minimum Gasteiger partial charge on any atom is -0.310 e. The zero-order valence-electron chi connectivity index (χ0n) is 17.3. The van der Waals surface area contributed by atoms with E-state index in [0.29, 0.717) is 21.9 Å². The van der Waals surface area contributed by atoms with Crippen LogP contribution in [-0.2, 0) is 12.8 Å². The summed E-state index contributed by atoms with van der Waals surface area (Å²) in [6.45, 7) is 3.76. The van der Waals surface area contributed by atoms with Gasteiger partial charge in [0.25, 0.3) is 11.7 Å². The smallest absolute Gasteiger partial charge is 0.296 e. The SMILES string of the molecule is Cc1cc(C)n2nc(C(=O)Nc3sc4c(c3C(=O)c3ccccc3)CCCC4)nc2n1. The number of benzene rings is 1. The van der Waals surface area contributed by atoms with Crippen LogP contribution in [-0.4, -0.2) is 31.3 Å². The van der Waals surface area contributed by atoms with E-state index < -0.39 is 5.91 Å². The fourth-order valence-corrected chi connectivity index (χ4v) is 5.33. The van der Waals surface area contributed by atoms with Crippen molar-refractivity contribution in [3.8, 4) is 0 Å². The van der Waals surface area contributed by atoms with Crippen LogP contribution in [0.5, 0.6) is 0 Å². The normalized spacial score (nSPS) is 13.2. The highest BCUT2D eigenvalue weighted by molar-refractivity contribution is 7.17. The summed E-state index contributed by atoms with van der Waals surface area (Å²) in [6.07, 6.45) is 3.92. The van der Waals surface area contributed by atoms with Gasteiger partial charge >= 0.3 is 0 Å². The summed E-state index contributed by atoms with van der Waals surface area (Å²) in [5.41, 5.74) is 3.95. The number of hydrogen-bond donors (Lipinski definition) is 1. The van der Waals surface area contributed by atoms with Crippen LogP contribution in [0, 0.1) is 13.8 Å². The lowest BCUT2D eigenvalue weighted by Crippen LogP contribution is -2.16. The molecule has 1 N–H and O–H groups in total. The average Bonchev–Trinajstić information content (AvgIpc) is 3.35. The minimum absolute atomic E-state index is 0.0330. The summed E-state index contributed by atoms with van der Waals surface area (Å²) in [6, 6.07) is 11.1. The molecule has 0 fully saturated rings. The first-order valence-electron chi connectivity index (χ1n) is 10.3. The van der Waals surface area contributed by atoms with E-state index in [9.17, 15) is 9.59 Å². The van der Waals surface area contributed by atoms with E-state index in [1.54, 1.807) is 16.6 Å². The van der Waals surface area contributed by atoms with Crippen molar-refractivity contribution in [3.63, 3.8) is 0 Å². The highest BCUT2D eigenvalue weighted by Crippen LogP contribution is 2.39. The molecule has 7 nitrogen and oxygen atoms in total. The molecular weight excluding hydrogens is 410 g/mol. The Hall–Kier alpha value is -3.39. The first-order valence-corrected chi connectivity index (χ1v) is 11.1. The van der Waals surface area contributed by atoms with Crippen molar-refractivity contribution in [3.05, 3.63) is 75.2 Å². The van der Waals surface area contributed by atoms with Crippen LogP contribution in [0.25, 0.3) is 5.78 Å². The largest absolute Gasteiger partial charge is 0.310 e. The molecule has 4 aromatic rings. The first-order chi connectivity index (χ1) is 15.0. The van der Waals surface area contributed by atoms with Gasteiger partial charge in [-0.05, 0) is 51.2 Å². The maximum Gasteiger partial charge on any atom is 0.296 e. The molecule has 1 amide bonds. The predicted octanol–water partition coefficient (Wildman–Crippen LogP) is 4.16. The molecule has 1 aromatic carbocycles. The molecule has 5 rings (SSSR count). The van der Waals surface area contributed by atoms with E-state index in [2.05, 4.69) is 20.4 Å². The lowest BCUT2D eigenvalue weighted by Gasteiger charge is -2.12. The number of thiophene rings is 1. The molecule has 1 aliphatic carbocycles. The van der Waals surface area contributed by atoms with Crippen molar-refractivity contribution in [2.24, 2.45) is 0 Å². The van der Waals surface area contributed by atoms with Crippen LogP contribution in [0.1, 0.15) is 61.2 Å². The zero-order chi connectivity index (χ0) is 21.5. The topological polar surface area (TPSA) is 89.3 Å². The molecule has 0 radical (unpaired) electrons. The number of nitrogens with one attached hydrogen (secondary N) is 1. The molecule has 0 aliphatic heterocycles. The number of carbonyl (C=O) groups excluding carboxylic acids is 2. The molecular formula is C23H21N5O2S. The van der Waals surface area contributed by atoms with Gasteiger partial charge in [0, 0.05) is 21.8 Å². The number of hydrogen-bond acceptors (Lipinski definition) is 6. The third kappa shape index (κ3) is 3.53. The molecule has 31 heavy (non-hydrogen) atoms. The van der Waals surface area contributed by atoms with Crippen molar-refractivity contribution in [1.82, 2.24) is 19.6 Å². The van der Waals surface area contributed by atoms with Gasteiger partial charge in [0.05, 0.1) is 5.56 Å². The number of fused-ring (bicyclic) bond motifs is 2. The third-order valence-electron chi connectivity index (χ3n) is 5.48. The average molecular weight is 432 g/mol. The molecule has 8 heteroatoms. The van der Waals surface area contributed by atoms with Gasteiger partial charge < -0.3 is 5.32 Å². The number of carbonyl (C=O) groups is 2. The van der Waals surface area contributed by atoms with Gasteiger partial charge in [0.2, 0.25) is 5.82 Å². The monoisotopic (exact) mass is 431 g/mol. The Labute approximate surface area is 183 Å². The number of amides is 1. The molecule has 3 heterocycles. The van der Waals surface area contributed by atoms with Crippen LogP contribution in [0.3, 0.4) is 0 Å². The van der Waals surface area contributed by atoms with Gasteiger partial charge in [-0.1, -0.05) is 30.3 Å². The number of rotatable bonds is 4. The van der Waals surface area contributed by atoms with E-state index in [4.69, 9.17) is 0 Å². The van der Waals surface area contributed by atoms with Crippen molar-refractivity contribution >= 4 is 33.8 Å². The maximum absolute atomic E-state index is 13.4. The Morgan fingerprint density at radius 2 is 1.84 bits per heavy atom. The second-order valence-corrected chi connectivity index (χ2v) is 8.86. The molecule has 0 saturated carbocycles. The standard InChI is InChI=1S/C23H21N5O2S/c1-13-12-14(2)28-23(24-13)25-20(27-28)21(30)26-22-18(16-10-6-7-11-17(16)31-22)19(29)15-8-4-3-5-9-15/h3-5,8-9,12H,6-7,10-11H2,1-2H3,(H,26,30). The summed E-state index contributed by atoms with van der Waals surface area (Å²) >= 11 is 1.49. The molecule has 156 valence electrons. The third-order valence-corrected chi connectivity index (χ3v) is 6.69. The van der Waals surface area contributed by atoms with E-state index in [0.717, 1.165) is 42.6 Å². The van der Waals surface area contributed by atoms with E-state index >= 15 is 0 Å². The number of ketones is 1. The van der Waals surface area contributed by atoms with Gasteiger partial charge in [0.1, 0.15) is 5.00 Å². The van der Waals surface area contributed by atoms with Gasteiger partial charge in [-0.25, -0.2) is 9.50 Å². The summed E-state index contributed by atoms with van der Waals surface area (Å²) in [5.74, 6) is -0.0888. The Kier molecular flexibility index (Phi) is 4.86. The van der Waals surface area contributed by atoms with E-state index in [1.807, 2.05) is 38.1 Å². The van der Waals surface area contributed by atoms with Crippen LogP contribution in [0.2, 0.25) is 0 Å². The van der Waals surface area contributed by atoms with Gasteiger partial charge in [0.15, 0.2) is 5.78 Å². The Balaban J connectivity index is 1.53. The summed E-state index contributed by atoms with van der Waals surface area (Å²) < 4.78 is 1.55. The Morgan fingerprint density at radius 1 is 1.06 bits per heavy atom. The zero-order valence-corrected chi connectivity index (χ0v) is 18.1. The number of aryl methyl sites for hydroxylation is 3. The first kappa shape index (κ1) is 19.6. The second-order valence-electron chi connectivity index (χ2n) is 7.75. The highest BCUT2D eigenvalue weighted by atomic mass is 32.1. The van der Waals surface area contributed by atoms with Crippen LogP contribution < -0.4 is 5.32 Å². The quantitative estimate of drug-likeness (QED) is 0.490. The van der Waals surface area contributed by atoms with Crippen molar-refractivity contribution in [2.45, 2.75) is 39.5 Å². The van der Waals surface area contributed by atoms with Crippen molar-refractivity contribution in [1.29, 1.82) is 0 Å². The maximum atomic E-state index is 13.4. The molecule has 0 unspecified atom stereocenters. The summed E-state index contributed by atoms with van der Waals surface area (Å²) in [4.78, 5) is 36.2. The van der Waals surface area contributed by atoms with Gasteiger partial charge in [-0.3, -0.25) is 9.59 Å². The molecule has 1 aliphatic rings. The fraction of sp³-hybridized carbons (Fsp3) is 0.261. The summed E-state index contributed by atoms with van der Waals surface area (Å²) in [7, 11) is 0. The molecule has 0 bridgehead atoms. The number of anilines is 1. The lowest BCUT2D eigenvalue weighted by atomic mass is 9.92.